The van der Waals surface area contributed by atoms with Gasteiger partial charge in [0.15, 0.2) is 0 Å². The highest BCUT2D eigenvalue weighted by atomic mass is 16.1. The molecular weight excluding hydrogens is 78.0 g/mol. The van der Waals surface area contributed by atoms with Crippen molar-refractivity contribution in [1.29, 1.82) is 0 Å². The normalized spacial score (nSPS) is 16.3. The lowest BCUT2D eigenvalue weighted by Crippen LogP contribution is -2.01. The van der Waals surface area contributed by atoms with Gasteiger partial charge in [0.25, 0.3) is 0 Å². The van der Waals surface area contributed by atoms with Gasteiger partial charge in [-0.3, -0.25) is 4.99 Å². The maximum Gasteiger partial charge on any atom is 0.131 e. The highest BCUT2D eigenvalue weighted by Crippen LogP contribution is 1.93. The summed E-state index contributed by atoms with van der Waals surface area (Å²) in [6.07, 6.45) is 1.52. The van der Waals surface area contributed by atoms with Gasteiger partial charge in [-0.25, -0.2) is 4.79 Å². The average molecular weight is 81.1 g/mol. The van der Waals surface area contributed by atoms with Crippen molar-refractivity contribution in [1.82, 2.24) is 0 Å². The van der Waals surface area contributed by atoms with E-state index in [9.17, 15) is 4.79 Å². The van der Waals surface area contributed by atoms with E-state index in [4.69, 9.17) is 0 Å². The van der Waals surface area contributed by atoms with Crippen LogP contribution in [0.5, 0.6) is 0 Å². The van der Waals surface area contributed by atoms with E-state index in [1.807, 2.05) is 0 Å². The van der Waals surface area contributed by atoms with E-state index in [1.54, 1.807) is 5.94 Å². The van der Waals surface area contributed by atoms with Gasteiger partial charge in [0, 0.05) is 6.21 Å². The zero-order valence-electron chi connectivity index (χ0n) is 3.14. The third-order valence-corrected chi connectivity index (χ3v) is 0.640. The molecule has 6 heavy (non-hydrogen) atoms. The van der Waals surface area contributed by atoms with Crippen LogP contribution in [-0.4, -0.2) is 18.7 Å². The van der Waals surface area contributed by atoms with Crippen LogP contribution in [0, 0.1) is 0 Å². The Hall–Kier alpha value is -0.880. The van der Waals surface area contributed by atoms with Crippen LogP contribution in [0.4, 0.5) is 0 Å². The van der Waals surface area contributed by atoms with Crippen LogP contribution in [-0.2, 0) is 4.79 Å². The second kappa shape index (κ2) is 1.07. The van der Waals surface area contributed by atoms with Crippen LogP contribution in [0.2, 0.25) is 0 Å². The van der Waals surface area contributed by atoms with Crippen molar-refractivity contribution in [3.05, 3.63) is 5.57 Å². The molecule has 2 nitrogen and oxygen atoms in total. The molecule has 0 unspecified atom stereocenters. The Morgan fingerprint density at radius 3 is 2.67 bits per heavy atom. The van der Waals surface area contributed by atoms with Gasteiger partial charge < -0.3 is 0 Å². The van der Waals surface area contributed by atoms with E-state index >= 15 is 0 Å². The summed E-state index contributed by atoms with van der Waals surface area (Å²) in [4.78, 5) is 13.2. The standard InChI is InChI=1S/C4H3NO/c6-3-4-1-5-2-4/h1H,2H2. The summed E-state index contributed by atoms with van der Waals surface area (Å²) in [6.45, 7) is 0.573. The summed E-state index contributed by atoms with van der Waals surface area (Å²) in [5, 5.41) is 0. The molecule has 1 heterocycles. The van der Waals surface area contributed by atoms with Crippen molar-refractivity contribution >= 4 is 12.2 Å². The molecule has 0 atom stereocenters. The molecule has 0 N–H and O–H groups in total. The van der Waals surface area contributed by atoms with Crippen LogP contribution in [0.15, 0.2) is 10.6 Å². The number of carbonyl (C=O) groups excluding carboxylic acids is 1. The molecule has 0 aromatic heterocycles. The summed E-state index contributed by atoms with van der Waals surface area (Å²) in [5.74, 6) is 1.72. The van der Waals surface area contributed by atoms with E-state index in [0.29, 0.717) is 12.1 Å². The fraction of sp³-hybridized carbons (Fsp3) is 0.250. The summed E-state index contributed by atoms with van der Waals surface area (Å²) in [6, 6.07) is 0. The monoisotopic (exact) mass is 81.0 g/mol. The Morgan fingerprint density at radius 2 is 2.67 bits per heavy atom. The molecule has 0 bridgehead atoms. The Balaban J connectivity index is 2.86. The maximum atomic E-state index is 9.53. The predicted octanol–water partition coefficient (Wildman–Crippen LogP) is -0.171. The molecular formula is C4H3NO. The fourth-order valence-corrected chi connectivity index (χ4v) is 0.241. The van der Waals surface area contributed by atoms with Gasteiger partial charge in [-0.05, 0) is 0 Å². The molecule has 0 saturated heterocycles. The van der Waals surface area contributed by atoms with Crippen molar-refractivity contribution < 1.29 is 4.79 Å². The number of aliphatic imine (C=N–C) groups is 1. The third kappa shape index (κ3) is 0.277. The second-order valence-electron chi connectivity index (χ2n) is 1.10. The third-order valence-electron chi connectivity index (χ3n) is 0.640. The molecule has 0 aromatic rings. The highest BCUT2D eigenvalue weighted by Gasteiger charge is 1.97. The minimum absolute atomic E-state index is 0.573. The lowest BCUT2D eigenvalue weighted by molar-refractivity contribution is 0.567. The van der Waals surface area contributed by atoms with Crippen LogP contribution < -0.4 is 0 Å². The van der Waals surface area contributed by atoms with E-state index in [0.717, 1.165) is 0 Å². The number of rotatable bonds is 0. The van der Waals surface area contributed by atoms with Crippen molar-refractivity contribution in [2.45, 2.75) is 0 Å². The first kappa shape index (κ1) is 3.32. The molecule has 0 radical (unpaired) electrons. The first-order valence-electron chi connectivity index (χ1n) is 1.67. The van der Waals surface area contributed by atoms with Gasteiger partial charge in [-0.1, -0.05) is 0 Å². The van der Waals surface area contributed by atoms with Crippen LogP contribution in [0.1, 0.15) is 0 Å². The molecule has 0 spiro atoms. The minimum Gasteiger partial charge on any atom is -0.286 e. The average Bonchev–Trinajstić information content (AvgIpc) is 1.31. The van der Waals surface area contributed by atoms with Crippen LogP contribution >= 0.6 is 0 Å². The summed E-state index contributed by atoms with van der Waals surface area (Å²) < 4.78 is 0. The number of hydrogen-bond donors (Lipinski definition) is 0. The van der Waals surface area contributed by atoms with Gasteiger partial charge >= 0.3 is 0 Å². The molecule has 0 saturated carbocycles. The number of nitrogens with zero attached hydrogens (tertiary/aromatic N) is 1. The van der Waals surface area contributed by atoms with Crippen molar-refractivity contribution in [2.24, 2.45) is 4.99 Å². The number of hydrogen-bond acceptors (Lipinski definition) is 2. The van der Waals surface area contributed by atoms with Crippen molar-refractivity contribution in [3.8, 4) is 0 Å². The quantitative estimate of drug-likeness (QED) is 0.372. The SMILES string of the molecule is O=C=C1C=NC1. The first-order chi connectivity index (χ1) is 2.93. The summed E-state index contributed by atoms with van der Waals surface area (Å²) >= 11 is 0. The Bertz CT molecular complexity index is 130. The molecule has 0 amide bonds. The Kier molecular flexibility index (Phi) is 0.592. The van der Waals surface area contributed by atoms with E-state index in [1.165, 1.54) is 6.21 Å². The lowest BCUT2D eigenvalue weighted by Gasteiger charge is -1.96. The Morgan fingerprint density at radius 1 is 2.00 bits per heavy atom. The molecule has 1 rings (SSSR count). The Labute approximate surface area is 35.2 Å². The molecule has 1 aliphatic heterocycles. The minimum atomic E-state index is 0.573. The smallest absolute Gasteiger partial charge is 0.131 e. The van der Waals surface area contributed by atoms with Gasteiger partial charge in [0.1, 0.15) is 5.94 Å². The van der Waals surface area contributed by atoms with Gasteiger partial charge in [-0.15, -0.1) is 0 Å². The zero-order valence-corrected chi connectivity index (χ0v) is 3.14. The lowest BCUT2D eigenvalue weighted by atomic mass is 10.3. The van der Waals surface area contributed by atoms with Crippen LogP contribution in [0.25, 0.3) is 0 Å². The second-order valence-corrected chi connectivity index (χ2v) is 1.10. The molecule has 0 aromatic carbocycles. The summed E-state index contributed by atoms with van der Waals surface area (Å²) in [5.41, 5.74) is 0.676. The predicted molar refractivity (Wildman–Crippen MR) is 22.6 cm³/mol. The van der Waals surface area contributed by atoms with Gasteiger partial charge in [0.2, 0.25) is 0 Å². The molecule has 0 aliphatic carbocycles. The summed E-state index contributed by atoms with van der Waals surface area (Å²) in [7, 11) is 0. The zero-order chi connectivity index (χ0) is 4.41. The first-order valence-corrected chi connectivity index (χ1v) is 1.67. The topological polar surface area (TPSA) is 29.4 Å². The van der Waals surface area contributed by atoms with E-state index < -0.39 is 0 Å². The van der Waals surface area contributed by atoms with E-state index in [2.05, 4.69) is 4.99 Å². The van der Waals surface area contributed by atoms with Crippen molar-refractivity contribution in [2.75, 3.05) is 6.54 Å². The van der Waals surface area contributed by atoms with Gasteiger partial charge in [0.05, 0.1) is 12.1 Å². The van der Waals surface area contributed by atoms with Gasteiger partial charge in [-0.2, -0.15) is 0 Å². The molecule has 1 aliphatic rings. The molecule has 2 heteroatoms. The molecule has 0 fully saturated rings. The molecule has 30 valence electrons. The van der Waals surface area contributed by atoms with Crippen molar-refractivity contribution in [3.63, 3.8) is 0 Å². The fourth-order valence-electron chi connectivity index (χ4n) is 0.241. The van der Waals surface area contributed by atoms with Crippen LogP contribution in [0.3, 0.4) is 0 Å². The largest absolute Gasteiger partial charge is 0.286 e. The maximum absolute atomic E-state index is 9.53. The van der Waals surface area contributed by atoms with E-state index in [-0.39, 0.29) is 0 Å². The highest BCUT2D eigenvalue weighted by molar-refractivity contribution is 5.94.